The summed E-state index contributed by atoms with van der Waals surface area (Å²) in [6, 6.07) is 5.48. The van der Waals surface area contributed by atoms with Crippen LogP contribution in [0.25, 0.3) is 21.7 Å². The summed E-state index contributed by atoms with van der Waals surface area (Å²) in [6.45, 7) is 0.0666. The average Bonchev–Trinajstić information content (AvgIpc) is 3.58. The Hall–Kier alpha value is -4.59. The first-order chi connectivity index (χ1) is 24.3. The molecular formula is C36H42N6O7S. The van der Waals surface area contributed by atoms with Crippen molar-refractivity contribution in [2.45, 2.75) is 100 Å². The molecule has 0 aromatic carbocycles. The van der Waals surface area contributed by atoms with E-state index in [4.69, 9.17) is 19.2 Å². The zero-order valence-corrected chi connectivity index (χ0v) is 28.9. The smallest absolute Gasteiger partial charge is 0.408 e. The van der Waals surface area contributed by atoms with Crippen LogP contribution in [-0.2, 0) is 23.9 Å². The first-order valence-corrected chi connectivity index (χ1v) is 18.4. The Kier molecular flexibility index (Phi) is 9.97. The number of thiophene rings is 1. The van der Waals surface area contributed by atoms with Crippen LogP contribution in [0, 0.1) is 5.92 Å². The van der Waals surface area contributed by atoms with Crippen molar-refractivity contribution in [2.75, 3.05) is 13.7 Å². The number of hydrogen-bond acceptors (Lipinski definition) is 11. The summed E-state index contributed by atoms with van der Waals surface area (Å²) in [5.41, 5.74) is 0.0746. The molecule has 0 bridgehead atoms. The van der Waals surface area contributed by atoms with E-state index in [0.717, 1.165) is 49.6 Å². The molecule has 2 N–H and O–H groups in total. The van der Waals surface area contributed by atoms with Gasteiger partial charge in [-0.1, -0.05) is 31.1 Å². The Morgan fingerprint density at radius 2 is 1.88 bits per heavy atom. The van der Waals surface area contributed by atoms with E-state index in [-0.39, 0.29) is 25.0 Å². The van der Waals surface area contributed by atoms with Crippen LogP contribution >= 0.6 is 11.3 Å². The minimum Gasteiger partial charge on any atom is -0.471 e. The summed E-state index contributed by atoms with van der Waals surface area (Å²) in [6.07, 6.45) is 12.0. The number of rotatable bonds is 6. The molecule has 1 saturated heterocycles. The topological polar surface area (TPSA) is 162 Å². The van der Waals surface area contributed by atoms with Crippen LogP contribution in [0.1, 0.15) is 70.6 Å². The first kappa shape index (κ1) is 33.9. The highest BCUT2D eigenvalue weighted by Gasteiger charge is 2.62. The summed E-state index contributed by atoms with van der Waals surface area (Å²) in [4.78, 5) is 70.0. The lowest BCUT2D eigenvalue weighted by Crippen LogP contribution is -2.56. The number of nitrogens with one attached hydrogen (secondary N) is 2. The minimum absolute atomic E-state index is 0.0666. The van der Waals surface area contributed by atoms with Gasteiger partial charge < -0.3 is 29.7 Å². The number of nitrogens with zero attached hydrogens (tertiary/aromatic N) is 4. The van der Waals surface area contributed by atoms with Crippen molar-refractivity contribution in [2.24, 2.45) is 5.92 Å². The largest absolute Gasteiger partial charge is 0.471 e. The van der Waals surface area contributed by atoms with Gasteiger partial charge in [0.05, 0.1) is 19.2 Å². The van der Waals surface area contributed by atoms with E-state index in [1.54, 1.807) is 6.20 Å². The van der Waals surface area contributed by atoms with Crippen LogP contribution in [0.4, 0.5) is 4.79 Å². The average molecular weight is 703 g/mol. The summed E-state index contributed by atoms with van der Waals surface area (Å²) < 4.78 is 18.1. The number of alkyl carbamates (subject to hydrolysis) is 1. The fourth-order valence-electron chi connectivity index (χ4n) is 7.33. The molecule has 0 spiro atoms. The molecule has 3 fully saturated rings. The van der Waals surface area contributed by atoms with Gasteiger partial charge in [-0.05, 0) is 74.9 Å². The molecule has 3 aromatic rings. The molecule has 0 radical (unpaired) electrons. The van der Waals surface area contributed by atoms with Gasteiger partial charge in [0.2, 0.25) is 17.7 Å². The molecule has 7 rings (SSSR count). The molecule has 2 aliphatic heterocycles. The Balaban J connectivity index is 1.18. The van der Waals surface area contributed by atoms with Gasteiger partial charge in [0.1, 0.15) is 40.2 Å². The van der Waals surface area contributed by atoms with E-state index in [1.165, 1.54) is 23.3 Å². The number of carbonyl (C=O) groups excluding carboxylic acids is 4. The van der Waals surface area contributed by atoms with Crippen molar-refractivity contribution in [3.8, 4) is 17.4 Å². The highest BCUT2D eigenvalue weighted by molar-refractivity contribution is 7.17. The number of aromatic nitrogens is 3. The highest BCUT2D eigenvalue weighted by Crippen LogP contribution is 2.46. The van der Waals surface area contributed by atoms with E-state index < -0.39 is 47.6 Å². The summed E-state index contributed by atoms with van der Waals surface area (Å²) in [5, 5.41) is 7.71. The predicted molar refractivity (Wildman–Crippen MR) is 184 cm³/mol. The molecule has 3 amide bonds. The van der Waals surface area contributed by atoms with E-state index in [2.05, 4.69) is 20.6 Å². The van der Waals surface area contributed by atoms with Gasteiger partial charge in [-0.15, -0.1) is 11.3 Å². The number of pyridine rings is 1. The zero-order chi connectivity index (χ0) is 34.7. The van der Waals surface area contributed by atoms with Gasteiger partial charge in [0.25, 0.3) is 0 Å². The predicted octanol–water partition coefficient (Wildman–Crippen LogP) is 4.71. The molecule has 14 heteroatoms. The second-order valence-electron chi connectivity index (χ2n) is 13.5. The lowest BCUT2D eigenvalue weighted by Gasteiger charge is -2.29. The molecule has 50 heavy (non-hydrogen) atoms. The highest BCUT2D eigenvalue weighted by atomic mass is 32.1. The third kappa shape index (κ3) is 7.16. The number of ether oxygens (including phenoxy) is 3. The van der Waals surface area contributed by atoms with Crippen molar-refractivity contribution in [1.82, 2.24) is 30.5 Å². The van der Waals surface area contributed by atoms with Gasteiger partial charge in [-0.3, -0.25) is 14.6 Å². The van der Waals surface area contributed by atoms with Crippen molar-refractivity contribution in [3.05, 3.63) is 48.0 Å². The molecule has 0 unspecified atom stereocenters. The molecule has 3 aromatic heterocycles. The number of allylic oxidation sites excluding steroid dienone is 1. The van der Waals surface area contributed by atoms with Gasteiger partial charge in [0, 0.05) is 18.5 Å². The molecule has 5 atom stereocenters. The Morgan fingerprint density at radius 3 is 2.68 bits per heavy atom. The summed E-state index contributed by atoms with van der Waals surface area (Å²) >= 11 is 1.43. The van der Waals surface area contributed by atoms with Gasteiger partial charge >= 0.3 is 12.1 Å². The molecule has 13 nitrogen and oxygen atoms in total. The molecule has 4 aliphatic rings. The Labute approximate surface area is 294 Å². The fraction of sp³-hybridized carbons (Fsp3) is 0.528. The third-order valence-electron chi connectivity index (χ3n) is 10.1. The minimum atomic E-state index is -1.20. The second kappa shape index (κ2) is 14.7. The SMILES string of the molecule is COC(=O)[C@@]12C[C@@H]1/C=C\CCCCC[C@H](NC(=O)OC1CCCC1)C(=O)N1C[C@H](Oc3nc(-c4ccccn4)nc4ccsc34)C[C@H]1C(=O)N2. The van der Waals surface area contributed by atoms with Gasteiger partial charge in [-0.25, -0.2) is 14.6 Å². The van der Waals surface area contributed by atoms with Crippen LogP contribution < -0.4 is 15.4 Å². The Bertz CT molecular complexity index is 1760. The maximum absolute atomic E-state index is 14.4. The molecule has 5 heterocycles. The monoisotopic (exact) mass is 702 g/mol. The number of carbonyl (C=O) groups is 4. The number of amides is 3. The van der Waals surface area contributed by atoms with E-state index in [1.807, 2.05) is 41.8 Å². The van der Waals surface area contributed by atoms with Crippen LogP contribution in [-0.4, -0.2) is 87.2 Å². The van der Waals surface area contributed by atoms with E-state index in [0.29, 0.717) is 42.2 Å². The molecule has 2 aliphatic carbocycles. The maximum atomic E-state index is 14.4. The fourth-order valence-corrected chi connectivity index (χ4v) is 8.10. The third-order valence-corrected chi connectivity index (χ3v) is 11.0. The standard InChI is InChI=1S/C36H42N6O7S/c1-47-34(45)36-20-22(36)11-5-3-2-4-6-15-27(39-35(46)49-23-12-7-8-13-23)33(44)42-21-24(19-28(42)31(43)41-36)48-32-29-25(16-18-50-29)38-30(40-32)26-14-9-10-17-37-26/h5,9-11,14,16-18,22-24,27-28H,2-4,6-8,12-13,15,19-21H2,1H3,(H,39,46)(H,41,43)/b11-5-/t22-,24+,27-,28-,36+/m0/s1. The number of fused-ring (bicyclic) bond motifs is 3. The first-order valence-electron chi connectivity index (χ1n) is 17.5. The van der Waals surface area contributed by atoms with Crippen molar-refractivity contribution >= 4 is 45.4 Å². The lowest BCUT2D eigenvalue weighted by atomic mass is 10.0. The number of methoxy groups -OCH3 is 1. The van der Waals surface area contributed by atoms with Crippen LogP contribution in [0.5, 0.6) is 5.88 Å². The van der Waals surface area contributed by atoms with Crippen LogP contribution in [0.2, 0.25) is 0 Å². The lowest BCUT2D eigenvalue weighted by molar-refractivity contribution is -0.148. The van der Waals surface area contributed by atoms with E-state index in [9.17, 15) is 19.2 Å². The molecular weight excluding hydrogens is 660 g/mol. The van der Waals surface area contributed by atoms with Crippen LogP contribution in [0.15, 0.2) is 48.0 Å². The number of esters is 1. The maximum Gasteiger partial charge on any atom is 0.408 e. The second-order valence-corrected chi connectivity index (χ2v) is 14.4. The zero-order valence-electron chi connectivity index (χ0n) is 28.0. The van der Waals surface area contributed by atoms with Crippen molar-refractivity contribution < 1.29 is 33.4 Å². The van der Waals surface area contributed by atoms with Crippen LogP contribution in [0.3, 0.4) is 0 Å². The van der Waals surface area contributed by atoms with Gasteiger partial charge in [-0.2, -0.15) is 4.98 Å². The Morgan fingerprint density at radius 1 is 1.04 bits per heavy atom. The summed E-state index contributed by atoms with van der Waals surface area (Å²) in [7, 11) is 1.31. The normalized spacial score (nSPS) is 28.1. The van der Waals surface area contributed by atoms with E-state index >= 15 is 0 Å². The quantitative estimate of drug-likeness (QED) is 0.272. The number of hydrogen-bond donors (Lipinski definition) is 2. The van der Waals surface area contributed by atoms with Crippen molar-refractivity contribution in [3.63, 3.8) is 0 Å². The molecule has 264 valence electrons. The van der Waals surface area contributed by atoms with Gasteiger partial charge in [0.15, 0.2) is 5.82 Å². The van der Waals surface area contributed by atoms with Crippen molar-refractivity contribution in [1.29, 1.82) is 0 Å². The summed E-state index contributed by atoms with van der Waals surface area (Å²) in [5.74, 6) is -0.882. The molecule has 2 saturated carbocycles.